The van der Waals surface area contributed by atoms with Gasteiger partial charge >= 0.3 is 12.1 Å². The average Bonchev–Trinajstić information content (AvgIpc) is 3.54. The van der Waals surface area contributed by atoms with Crippen LogP contribution in [0.3, 0.4) is 0 Å². The molecular weight excluding hydrogens is 543 g/mol. The lowest BCUT2D eigenvalue weighted by Crippen LogP contribution is -2.54. The summed E-state index contributed by atoms with van der Waals surface area (Å²) in [5.41, 5.74) is 6.64. The molecule has 0 saturated carbocycles. The number of rotatable bonds is 6. The number of hydrogen-bond acceptors (Lipinski definition) is 5. The monoisotopic (exact) mass is 570 g/mol. The van der Waals surface area contributed by atoms with Crippen molar-refractivity contribution in [2.24, 2.45) is 5.73 Å². The zero-order valence-electron chi connectivity index (χ0n) is 21.7. The van der Waals surface area contributed by atoms with Gasteiger partial charge in [0.2, 0.25) is 5.91 Å². The van der Waals surface area contributed by atoms with E-state index in [4.69, 9.17) is 22.1 Å². The third kappa shape index (κ3) is 5.19. The van der Waals surface area contributed by atoms with Crippen LogP contribution in [0.25, 0.3) is 10.9 Å². The van der Waals surface area contributed by atoms with Gasteiger partial charge in [-0.15, -0.1) is 0 Å². The van der Waals surface area contributed by atoms with E-state index in [0.717, 1.165) is 0 Å². The van der Waals surface area contributed by atoms with Crippen molar-refractivity contribution in [1.29, 1.82) is 0 Å². The fraction of sp³-hybridized carbons (Fsp3) is 0.333. The van der Waals surface area contributed by atoms with E-state index in [2.05, 4.69) is 10.6 Å². The van der Waals surface area contributed by atoms with Gasteiger partial charge in [0.25, 0.3) is 5.91 Å². The van der Waals surface area contributed by atoms with E-state index in [0.29, 0.717) is 49.1 Å². The highest BCUT2D eigenvalue weighted by atomic mass is 35.5. The van der Waals surface area contributed by atoms with E-state index in [9.17, 15) is 23.6 Å². The third-order valence-corrected chi connectivity index (χ3v) is 7.55. The first kappa shape index (κ1) is 27.4. The van der Waals surface area contributed by atoms with E-state index < -0.39 is 29.8 Å². The maximum absolute atomic E-state index is 14.8. The number of amides is 5. The van der Waals surface area contributed by atoms with Crippen molar-refractivity contribution in [3.63, 3.8) is 0 Å². The SMILES string of the molecule is COC1CN(C(=O)c2cc(Cl)c(F)c(CNC(=O)[C@@H]3CCCN3C(=O)Nc3cn(C(N)=O)c4ccccc34)c2)C1. The molecule has 4 N–H and O–H groups in total. The van der Waals surface area contributed by atoms with Crippen molar-refractivity contribution in [3.05, 3.63) is 64.6 Å². The van der Waals surface area contributed by atoms with E-state index >= 15 is 0 Å². The van der Waals surface area contributed by atoms with Crippen molar-refractivity contribution in [3.8, 4) is 0 Å². The Balaban J connectivity index is 1.26. The van der Waals surface area contributed by atoms with Crippen LogP contribution < -0.4 is 16.4 Å². The predicted octanol–water partition coefficient (Wildman–Crippen LogP) is 3.14. The summed E-state index contributed by atoms with van der Waals surface area (Å²) in [6.07, 6.45) is 2.41. The van der Waals surface area contributed by atoms with Crippen LogP contribution >= 0.6 is 11.6 Å². The van der Waals surface area contributed by atoms with E-state index in [-0.39, 0.29) is 34.7 Å². The summed E-state index contributed by atoms with van der Waals surface area (Å²) in [4.78, 5) is 53.8. The van der Waals surface area contributed by atoms with Crippen LogP contribution in [0.15, 0.2) is 42.6 Å². The summed E-state index contributed by atoms with van der Waals surface area (Å²) in [7, 11) is 1.57. The summed E-state index contributed by atoms with van der Waals surface area (Å²) in [6, 6.07) is 7.60. The number of carbonyl (C=O) groups is 4. The number of methoxy groups -OCH3 is 1. The Morgan fingerprint density at radius 3 is 2.65 bits per heavy atom. The maximum atomic E-state index is 14.8. The minimum atomic E-state index is -0.792. The lowest BCUT2D eigenvalue weighted by atomic mass is 10.1. The van der Waals surface area contributed by atoms with Crippen LogP contribution in [0.4, 0.5) is 19.7 Å². The Morgan fingerprint density at radius 1 is 1.18 bits per heavy atom. The molecule has 11 nitrogen and oxygen atoms in total. The van der Waals surface area contributed by atoms with E-state index in [1.807, 2.05) is 0 Å². The summed E-state index contributed by atoms with van der Waals surface area (Å²) in [5, 5.41) is 5.84. The van der Waals surface area contributed by atoms with Gasteiger partial charge in [0.15, 0.2) is 0 Å². The van der Waals surface area contributed by atoms with E-state index in [1.54, 1.807) is 36.3 Å². The highest BCUT2D eigenvalue weighted by Crippen LogP contribution is 2.28. The van der Waals surface area contributed by atoms with Gasteiger partial charge in [-0.25, -0.2) is 14.0 Å². The Morgan fingerprint density at radius 2 is 1.93 bits per heavy atom. The van der Waals surface area contributed by atoms with Crippen molar-refractivity contribution < 1.29 is 28.3 Å². The molecule has 0 spiro atoms. The number of para-hydroxylation sites is 1. The molecule has 210 valence electrons. The third-order valence-electron chi connectivity index (χ3n) is 7.28. The molecule has 5 amide bonds. The molecule has 0 aliphatic carbocycles. The zero-order valence-corrected chi connectivity index (χ0v) is 22.4. The number of nitrogens with two attached hydrogens (primary N) is 1. The first-order chi connectivity index (χ1) is 19.2. The highest BCUT2D eigenvalue weighted by Gasteiger charge is 2.35. The number of aromatic nitrogens is 1. The number of ether oxygens (including phenoxy) is 1. The summed E-state index contributed by atoms with van der Waals surface area (Å²) in [6.45, 7) is 0.975. The quantitative estimate of drug-likeness (QED) is 0.418. The Labute approximate surface area is 234 Å². The van der Waals surface area contributed by atoms with Crippen molar-refractivity contribution in [1.82, 2.24) is 19.7 Å². The minimum Gasteiger partial charge on any atom is -0.378 e. The lowest BCUT2D eigenvalue weighted by molar-refractivity contribution is -0.124. The maximum Gasteiger partial charge on any atom is 0.323 e. The normalized spacial score (nSPS) is 17.1. The second-order valence-electron chi connectivity index (χ2n) is 9.77. The largest absolute Gasteiger partial charge is 0.378 e. The number of halogens is 2. The predicted molar refractivity (Wildman–Crippen MR) is 146 cm³/mol. The average molecular weight is 571 g/mol. The molecule has 0 radical (unpaired) electrons. The second-order valence-corrected chi connectivity index (χ2v) is 10.2. The molecule has 2 aliphatic heterocycles. The van der Waals surface area contributed by atoms with Gasteiger partial charge in [-0.2, -0.15) is 0 Å². The van der Waals surface area contributed by atoms with Crippen LogP contribution in [0.5, 0.6) is 0 Å². The number of nitrogens with one attached hydrogen (secondary N) is 2. The Hall–Kier alpha value is -4.16. The molecule has 2 aliphatic rings. The molecule has 5 rings (SSSR count). The zero-order chi connectivity index (χ0) is 28.6. The molecule has 2 aromatic carbocycles. The molecule has 1 aromatic heterocycles. The molecule has 3 heterocycles. The van der Waals surface area contributed by atoms with Gasteiger partial charge in [-0.05, 0) is 31.0 Å². The van der Waals surface area contributed by atoms with Crippen LogP contribution in [0.1, 0.15) is 28.8 Å². The number of urea groups is 1. The highest BCUT2D eigenvalue weighted by molar-refractivity contribution is 6.31. The van der Waals surface area contributed by atoms with Gasteiger partial charge in [-0.3, -0.25) is 14.2 Å². The first-order valence-electron chi connectivity index (χ1n) is 12.7. The second kappa shape index (κ2) is 11.1. The summed E-state index contributed by atoms with van der Waals surface area (Å²) < 4.78 is 21.2. The van der Waals surface area contributed by atoms with Gasteiger partial charge in [0.05, 0.1) is 22.3 Å². The van der Waals surface area contributed by atoms with Crippen LogP contribution in [0, 0.1) is 5.82 Å². The summed E-state index contributed by atoms with van der Waals surface area (Å²) in [5.74, 6) is -1.51. The molecule has 2 saturated heterocycles. The fourth-order valence-electron chi connectivity index (χ4n) is 5.06. The van der Waals surface area contributed by atoms with Gasteiger partial charge in [0, 0.05) is 56.0 Å². The molecule has 40 heavy (non-hydrogen) atoms. The molecular formula is C27H28ClFN6O5. The molecule has 13 heteroatoms. The van der Waals surface area contributed by atoms with Crippen molar-refractivity contribution in [2.45, 2.75) is 31.5 Å². The molecule has 2 fully saturated rings. The van der Waals surface area contributed by atoms with Crippen LogP contribution in [0.2, 0.25) is 5.02 Å². The van der Waals surface area contributed by atoms with Gasteiger partial charge in [-0.1, -0.05) is 29.8 Å². The molecule has 3 aromatic rings. The van der Waals surface area contributed by atoms with E-state index in [1.165, 1.54) is 27.8 Å². The van der Waals surface area contributed by atoms with Gasteiger partial charge < -0.3 is 30.9 Å². The number of carbonyl (C=O) groups excluding carboxylic acids is 4. The topological polar surface area (TPSA) is 139 Å². The molecule has 0 bridgehead atoms. The fourth-order valence-corrected chi connectivity index (χ4v) is 5.30. The number of benzene rings is 2. The molecule has 1 atom stereocenters. The smallest absolute Gasteiger partial charge is 0.323 e. The standard InChI is InChI=1S/C27H28ClFN6O5/c1-40-17-12-33(13-17)25(37)15-9-16(23(29)19(28)10-15)11-31-24(36)22-7-4-8-34(22)27(39)32-20-14-35(26(30)38)21-6-3-2-5-18(20)21/h2-3,5-6,9-10,14,17,22H,4,7-8,11-13H2,1H3,(H2,30,38)(H,31,36)(H,32,39)/t22-/m0/s1. The van der Waals surface area contributed by atoms with Crippen LogP contribution in [-0.4, -0.2) is 77.1 Å². The Kier molecular flexibility index (Phi) is 7.63. The molecule has 0 unspecified atom stereocenters. The van der Waals surface area contributed by atoms with Gasteiger partial charge in [0.1, 0.15) is 11.9 Å². The number of fused-ring (bicyclic) bond motifs is 1. The van der Waals surface area contributed by atoms with Crippen LogP contribution in [-0.2, 0) is 16.1 Å². The number of nitrogens with zero attached hydrogens (tertiary/aromatic N) is 3. The number of hydrogen-bond donors (Lipinski definition) is 3. The minimum absolute atomic E-state index is 0.0352. The number of likely N-dealkylation sites (tertiary alicyclic amines) is 2. The summed E-state index contributed by atoms with van der Waals surface area (Å²) >= 11 is 6.06. The van der Waals surface area contributed by atoms with Crippen molar-refractivity contribution >= 4 is 52.1 Å². The number of anilines is 1. The Bertz CT molecular complexity index is 1500. The number of primary amides is 1. The lowest BCUT2D eigenvalue weighted by Gasteiger charge is -2.38. The van der Waals surface area contributed by atoms with Crippen molar-refractivity contribution in [2.75, 3.05) is 32.1 Å². The first-order valence-corrected chi connectivity index (χ1v) is 13.1.